The molecule has 1 aliphatic carbocycles. The van der Waals surface area contributed by atoms with Crippen molar-refractivity contribution < 1.29 is 9.18 Å². The van der Waals surface area contributed by atoms with E-state index < -0.39 is 0 Å². The van der Waals surface area contributed by atoms with Gasteiger partial charge < -0.3 is 5.32 Å². The number of aromatic nitrogens is 2. The average Bonchev–Trinajstić information content (AvgIpc) is 3.26. The fourth-order valence-corrected chi connectivity index (χ4v) is 5.02. The number of hydrogen-bond acceptors (Lipinski definition) is 4. The molecule has 0 unspecified atom stereocenters. The van der Waals surface area contributed by atoms with E-state index in [0.29, 0.717) is 16.0 Å². The third-order valence-corrected chi connectivity index (χ3v) is 6.33. The van der Waals surface area contributed by atoms with Gasteiger partial charge in [-0.15, -0.1) is 11.3 Å². The van der Waals surface area contributed by atoms with E-state index in [0.717, 1.165) is 41.7 Å². The van der Waals surface area contributed by atoms with Crippen LogP contribution in [0, 0.1) is 19.7 Å². The highest BCUT2D eigenvalue weighted by Crippen LogP contribution is 2.35. The van der Waals surface area contributed by atoms with E-state index >= 15 is 0 Å². The number of thiophene rings is 1. The van der Waals surface area contributed by atoms with Gasteiger partial charge in [0.2, 0.25) is 5.91 Å². The van der Waals surface area contributed by atoms with Gasteiger partial charge in [-0.1, -0.05) is 25.0 Å². The summed E-state index contributed by atoms with van der Waals surface area (Å²) in [5.74, 6) is 0.0374. The van der Waals surface area contributed by atoms with Crippen LogP contribution in [-0.4, -0.2) is 21.5 Å². The zero-order chi connectivity index (χ0) is 19.8. The lowest BCUT2D eigenvalue weighted by atomic mass is 10.0. The van der Waals surface area contributed by atoms with Crippen LogP contribution in [0.3, 0.4) is 0 Å². The van der Waals surface area contributed by atoms with Crippen LogP contribution in [0.2, 0.25) is 0 Å². The first-order valence-electron chi connectivity index (χ1n) is 9.50. The standard InChI is InChI=1S/C21H22FN3O2S/c1-12-18(14-7-9-15(22)10-8-14)19-20(28-12)23-13(2)25(21(19)27)11-17(26)24-16-5-3-4-6-16/h7-10,16H,3-6,11H2,1-2H3,(H,24,26). The summed E-state index contributed by atoms with van der Waals surface area (Å²) < 4.78 is 14.8. The Bertz CT molecular complexity index is 1100. The molecule has 0 radical (unpaired) electrons. The molecular weight excluding hydrogens is 377 g/mol. The maximum absolute atomic E-state index is 13.3. The van der Waals surface area contributed by atoms with Crippen molar-refractivity contribution in [3.63, 3.8) is 0 Å². The second-order valence-corrected chi connectivity index (χ2v) is 8.52. The van der Waals surface area contributed by atoms with Crippen molar-refractivity contribution in [3.8, 4) is 11.1 Å². The molecule has 4 rings (SSSR count). The number of nitrogens with zero attached hydrogens (tertiary/aromatic N) is 2. The number of aryl methyl sites for hydroxylation is 2. The van der Waals surface area contributed by atoms with Crippen LogP contribution in [0.15, 0.2) is 29.1 Å². The molecule has 1 aromatic carbocycles. The fourth-order valence-electron chi connectivity index (χ4n) is 3.93. The van der Waals surface area contributed by atoms with E-state index in [-0.39, 0.29) is 29.9 Å². The third-order valence-electron chi connectivity index (χ3n) is 5.33. The second-order valence-electron chi connectivity index (χ2n) is 7.32. The summed E-state index contributed by atoms with van der Waals surface area (Å²) >= 11 is 1.44. The molecule has 1 fully saturated rings. The SMILES string of the molecule is Cc1sc2nc(C)n(CC(=O)NC3CCCC3)c(=O)c2c1-c1ccc(F)cc1. The van der Waals surface area contributed by atoms with E-state index in [9.17, 15) is 14.0 Å². The number of hydrogen-bond donors (Lipinski definition) is 1. The molecule has 1 amide bonds. The predicted octanol–water partition coefficient (Wildman–Crippen LogP) is 3.94. The molecule has 0 saturated heterocycles. The molecule has 2 heterocycles. The highest BCUT2D eigenvalue weighted by atomic mass is 32.1. The van der Waals surface area contributed by atoms with Crippen molar-refractivity contribution in [3.05, 3.63) is 51.1 Å². The summed E-state index contributed by atoms with van der Waals surface area (Å²) in [6, 6.07) is 6.31. The molecule has 7 heteroatoms. The van der Waals surface area contributed by atoms with Crippen LogP contribution < -0.4 is 10.9 Å². The van der Waals surface area contributed by atoms with E-state index in [1.54, 1.807) is 19.1 Å². The van der Waals surface area contributed by atoms with Crippen molar-refractivity contribution >= 4 is 27.5 Å². The number of nitrogens with one attached hydrogen (secondary N) is 1. The average molecular weight is 399 g/mol. The molecule has 146 valence electrons. The molecule has 3 aromatic rings. The van der Waals surface area contributed by atoms with Gasteiger partial charge >= 0.3 is 0 Å². The highest BCUT2D eigenvalue weighted by molar-refractivity contribution is 7.19. The summed E-state index contributed by atoms with van der Waals surface area (Å²) in [4.78, 5) is 31.9. The van der Waals surface area contributed by atoms with Gasteiger partial charge in [-0.2, -0.15) is 0 Å². The van der Waals surface area contributed by atoms with Gasteiger partial charge in [-0.3, -0.25) is 14.2 Å². The van der Waals surface area contributed by atoms with Crippen LogP contribution in [0.5, 0.6) is 0 Å². The van der Waals surface area contributed by atoms with Crippen LogP contribution in [-0.2, 0) is 11.3 Å². The molecule has 0 atom stereocenters. The second kappa shape index (κ2) is 7.47. The lowest BCUT2D eigenvalue weighted by Gasteiger charge is -2.14. The quantitative estimate of drug-likeness (QED) is 0.723. The number of rotatable bonds is 4. The Kier molecular flexibility index (Phi) is 5.02. The Morgan fingerprint density at radius 3 is 2.61 bits per heavy atom. The highest BCUT2D eigenvalue weighted by Gasteiger charge is 2.21. The minimum Gasteiger partial charge on any atom is -0.352 e. The smallest absolute Gasteiger partial charge is 0.263 e. The van der Waals surface area contributed by atoms with Crippen molar-refractivity contribution in [1.29, 1.82) is 0 Å². The Balaban J connectivity index is 1.75. The number of benzene rings is 1. The lowest BCUT2D eigenvalue weighted by Crippen LogP contribution is -2.38. The third kappa shape index (κ3) is 3.46. The van der Waals surface area contributed by atoms with Crippen molar-refractivity contribution in [2.24, 2.45) is 0 Å². The van der Waals surface area contributed by atoms with E-state index in [1.807, 2.05) is 6.92 Å². The summed E-state index contributed by atoms with van der Waals surface area (Å²) in [5.41, 5.74) is 1.31. The molecule has 28 heavy (non-hydrogen) atoms. The van der Waals surface area contributed by atoms with Gasteiger partial charge in [0, 0.05) is 16.5 Å². The lowest BCUT2D eigenvalue weighted by molar-refractivity contribution is -0.122. The summed E-state index contributed by atoms with van der Waals surface area (Å²) in [6.45, 7) is 3.63. The Labute approximate surface area is 166 Å². The normalized spacial score (nSPS) is 14.7. The van der Waals surface area contributed by atoms with Crippen LogP contribution in [0.1, 0.15) is 36.4 Å². The van der Waals surface area contributed by atoms with Gasteiger partial charge in [-0.05, 0) is 44.4 Å². The molecule has 1 saturated carbocycles. The molecule has 0 aliphatic heterocycles. The minimum atomic E-state index is -0.323. The van der Waals surface area contributed by atoms with Gasteiger partial charge in [-0.25, -0.2) is 9.37 Å². The molecule has 1 aliphatic rings. The number of amides is 1. The zero-order valence-electron chi connectivity index (χ0n) is 15.9. The maximum Gasteiger partial charge on any atom is 0.263 e. The summed E-state index contributed by atoms with van der Waals surface area (Å²) in [7, 11) is 0. The molecule has 2 aromatic heterocycles. The van der Waals surface area contributed by atoms with Crippen molar-refractivity contribution in [2.45, 2.75) is 52.1 Å². The molecular formula is C21H22FN3O2S. The number of fused-ring (bicyclic) bond motifs is 1. The Morgan fingerprint density at radius 2 is 1.93 bits per heavy atom. The topological polar surface area (TPSA) is 64.0 Å². The first-order valence-corrected chi connectivity index (χ1v) is 10.3. The van der Waals surface area contributed by atoms with E-state index in [4.69, 9.17) is 0 Å². The van der Waals surface area contributed by atoms with Gasteiger partial charge in [0.15, 0.2) is 0 Å². The zero-order valence-corrected chi connectivity index (χ0v) is 16.7. The molecule has 5 nitrogen and oxygen atoms in total. The molecule has 0 bridgehead atoms. The van der Waals surface area contributed by atoms with Crippen molar-refractivity contribution in [1.82, 2.24) is 14.9 Å². The number of carbonyl (C=O) groups excluding carboxylic acids is 1. The first kappa shape index (κ1) is 18.8. The maximum atomic E-state index is 13.3. The van der Waals surface area contributed by atoms with Crippen molar-refractivity contribution in [2.75, 3.05) is 0 Å². The van der Waals surface area contributed by atoms with Crippen LogP contribution in [0.25, 0.3) is 21.3 Å². The monoisotopic (exact) mass is 399 g/mol. The first-order chi connectivity index (χ1) is 13.4. The van der Waals surface area contributed by atoms with Crippen LogP contribution in [0.4, 0.5) is 4.39 Å². The Morgan fingerprint density at radius 1 is 1.25 bits per heavy atom. The van der Waals surface area contributed by atoms with E-state index in [2.05, 4.69) is 10.3 Å². The molecule has 1 N–H and O–H groups in total. The number of halogens is 1. The largest absolute Gasteiger partial charge is 0.352 e. The van der Waals surface area contributed by atoms with Crippen LogP contribution >= 0.6 is 11.3 Å². The van der Waals surface area contributed by atoms with E-state index in [1.165, 1.54) is 28.0 Å². The minimum absolute atomic E-state index is 0.0398. The predicted molar refractivity (Wildman–Crippen MR) is 109 cm³/mol. The fraction of sp³-hybridized carbons (Fsp3) is 0.381. The van der Waals surface area contributed by atoms with Gasteiger partial charge in [0.1, 0.15) is 23.0 Å². The Hall–Kier alpha value is -2.54. The van der Waals surface area contributed by atoms with Gasteiger partial charge in [0.05, 0.1) is 5.39 Å². The summed E-state index contributed by atoms with van der Waals surface area (Å²) in [6.07, 6.45) is 4.25. The number of carbonyl (C=O) groups is 1. The summed E-state index contributed by atoms with van der Waals surface area (Å²) in [5, 5.41) is 3.52. The molecule has 0 spiro atoms. The van der Waals surface area contributed by atoms with Gasteiger partial charge in [0.25, 0.3) is 5.56 Å².